The van der Waals surface area contributed by atoms with Crippen molar-refractivity contribution in [1.29, 1.82) is 0 Å². The molecule has 0 aromatic carbocycles. The lowest BCUT2D eigenvalue weighted by atomic mass is 10.0. The number of nitrogens with one attached hydrogen (secondary N) is 1. The Labute approximate surface area is 109 Å². The zero-order chi connectivity index (χ0) is 12.3. The van der Waals surface area contributed by atoms with E-state index in [9.17, 15) is 4.79 Å². The van der Waals surface area contributed by atoms with E-state index >= 15 is 0 Å². The van der Waals surface area contributed by atoms with Crippen molar-refractivity contribution in [2.45, 2.75) is 31.2 Å². The first-order valence-corrected chi connectivity index (χ1v) is 6.91. The molecule has 2 rings (SSSR count). The zero-order valence-electron chi connectivity index (χ0n) is 9.66. The Morgan fingerprint density at radius 1 is 1.76 bits per heavy atom. The van der Waals surface area contributed by atoms with Gasteiger partial charge in [-0.05, 0) is 13.3 Å². The van der Waals surface area contributed by atoms with Crippen LogP contribution in [0.5, 0.6) is 0 Å². The highest BCUT2D eigenvalue weighted by molar-refractivity contribution is 7.09. The fourth-order valence-corrected chi connectivity index (χ4v) is 2.80. The summed E-state index contributed by atoms with van der Waals surface area (Å²) in [4.78, 5) is 16.1. The second-order valence-corrected chi connectivity index (χ2v) is 5.66. The van der Waals surface area contributed by atoms with Crippen molar-refractivity contribution in [3.63, 3.8) is 0 Å². The smallest absolute Gasteiger partial charge is 0.227 e. The lowest BCUT2D eigenvalue weighted by Crippen LogP contribution is -2.47. The minimum absolute atomic E-state index is 0.00604. The van der Waals surface area contributed by atoms with E-state index in [0.717, 1.165) is 17.1 Å². The predicted molar refractivity (Wildman–Crippen MR) is 67.4 cm³/mol. The number of amides is 1. The largest absolute Gasteiger partial charge is 0.379 e. The molecule has 94 valence electrons. The quantitative estimate of drug-likeness (QED) is 0.851. The topological polar surface area (TPSA) is 51.2 Å². The molecule has 4 nitrogen and oxygen atoms in total. The Bertz CT molecular complexity index is 402. The summed E-state index contributed by atoms with van der Waals surface area (Å²) in [5, 5.41) is 5.69. The van der Waals surface area contributed by atoms with Gasteiger partial charge in [-0.3, -0.25) is 4.79 Å². The van der Waals surface area contributed by atoms with Crippen LogP contribution in [0.3, 0.4) is 0 Å². The molecule has 1 aromatic heterocycles. The number of hydrogen-bond acceptors (Lipinski definition) is 4. The number of ether oxygens (including phenoxy) is 1. The van der Waals surface area contributed by atoms with Gasteiger partial charge in [-0.25, -0.2) is 4.98 Å². The average molecular weight is 275 g/mol. The molecule has 1 N–H and O–H groups in total. The number of carbonyl (C=O) groups is 1. The molecule has 17 heavy (non-hydrogen) atoms. The third-order valence-electron chi connectivity index (χ3n) is 2.71. The molecule has 0 saturated carbocycles. The Hall–Kier alpha value is -0.650. The number of aromatic nitrogens is 1. The Balaban J connectivity index is 1.88. The monoisotopic (exact) mass is 274 g/mol. The van der Waals surface area contributed by atoms with Crippen LogP contribution in [0.15, 0.2) is 5.38 Å². The van der Waals surface area contributed by atoms with Gasteiger partial charge < -0.3 is 10.1 Å². The van der Waals surface area contributed by atoms with E-state index in [1.807, 2.05) is 12.3 Å². The molecule has 0 spiro atoms. The van der Waals surface area contributed by atoms with Gasteiger partial charge in [-0.1, -0.05) is 0 Å². The third kappa shape index (κ3) is 3.40. The van der Waals surface area contributed by atoms with Crippen LogP contribution in [0.2, 0.25) is 0 Å². The first-order valence-electron chi connectivity index (χ1n) is 5.49. The molecule has 0 radical (unpaired) electrons. The highest BCUT2D eigenvalue weighted by atomic mass is 35.5. The molecule has 1 atom stereocenters. The molecule has 1 unspecified atom stereocenters. The maximum atomic E-state index is 11.8. The zero-order valence-corrected chi connectivity index (χ0v) is 11.2. The van der Waals surface area contributed by atoms with E-state index in [0.29, 0.717) is 25.5 Å². The first-order chi connectivity index (χ1) is 8.11. The summed E-state index contributed by atoms with van der Waals surface area (Å²) in [5.74, 6) is 0.386. The highest BCUT2D eigenvalue weighted by Gasteiger charge is 2.31. The Morgan fingerprint density at radius 3 is 3.18 bits per heavy atom. The number of thiazole rings is 1. The van der Waals surface area contributed by atoms with Crippen molar-refractivity contribution in [2.24, 2.45) is 0 Å². The standard InChI is InChI=1S/C11H15ClN2O2S/c1-11(2-3-16-7-11)14-9(15)4-10-13-8(5-12)6-17-10/h6H,2-5,7H2,1H3,(H,14,15). The molecule has 6 heteroatoms. The molecule has 1 aromatic rings. The fraction of sp³-hybridized carbons (Fsp3) is 0.636. The second kappa shape index (κ2) is 5.33. The number of hydrogen-bond donors (Lipinski definition) is 1. The average Bonchev–Trinajstić information content (AvgIpc) is 2.87. The summed E-state index contributed by atoms with van der Waals surface area (Å²) in [5.41, 5.74) is 0.610. The molecule has 1 saturated heterocycles. The van der Waals surface area contributed by atoms with Gasteiger partial charge in [0.25, 0.3) is 0 Å². The van der Waals surface area contributed by atoms with Gasteiger partial charge in [0.2, 0.25) is 5.91 Å². The normalized spacial score (nSPS) is 23.9. The van der Waals surface area contributed by atoms with E-state index in [-0.39, 0.29) is 11.4 Å². The van der Waals surface area contributed by atoms with Crippen LogP contribution in [0.1, 0.15) is 24.0 Å². The van der Waals surface area contributed by atoms with Gasteiger partial charge in [-0.2, -0.15) is 0 Å². The number of alkyl halides is 1. The number of nitrogens with zero attached hydrogens (tertiary/aromatic N) is 1. The SMILES string of the molecule is CC1(NC(=O)Cc2nc(CCl)cs2)CCOC1. The van der Waals surface area contributed by atoms with E-state index in [4.69, 9.17) is 16.3 Å². The predicted octanol–water partition coefficient (Wildman–Crippen LogP) is 1.72. The summed E-state index contributed by atoms with van der Waals surface area (Å²) < 4.78 is 5.29. The van der Waals surface area contributed by atoms with Crippen molar-refractivity contribution in [3.8, 4) is 0 Å². The van der Waals surface area contributed by atoms with Crippen LogP contribution in [-0.4, -0.2) is 29.6 Å². The third-order valence-corrected chi connectivity index (χ3v) is 3.88. The number of halogens is 1. The van der Waals surface area contributed by atoms with E-state index < -0.39 is 0 Å². The number of rotatable bonds is 4. The molecule has 1 fully saturated rings. The Morgan fingerprint density at radius 2 is 2.59 bits per heavy atom. The molecule has 0 aliphatic carbocycles. The van der Waals surface area contributed by atoms with Crippen LogP contribution in [-0.2, 0) is 21.8 Å². The minimum Gasteiger partial charge on any atom is -0.379 e. The molecule has 1 amide bonds. The van der Waals surface area contributed by atoms with Gasteiger partial charge >= 0.3 is 0 Å². The van der Waals surface area contributed by atoms with E-state index in [2.05, 4.69) is 10.3 Å². The van der Waals surface area contributed by atoms with Crippen molar-refractivity contribution in [2.75, 3.05) is 13.2 Å². The van der Waals surface area contributed by atoms with Crippen molar-refractivity contribution >= 4 is 28.8 Å². The maximum absolute atomic E-state index is 11.8. The Kier molecular flexibility index (Phi) is 4.01. The van der Waals surface area contributed by atoms with Gasteiger partial charge in [-0.15, -0.1) is 22.9 Å². The van der Waals surface area contributed by atoms with Gasteiger partial charge in [0.15, 0.2) is 0 Å². The molecule has 0 bridgehead atoms. The van der Waals surface area contributed by atoms with E-state index in [1.54, 1.807) is 0 Å². The van der Waals surface area contributed by atoms with Crippen LogP contribution in [0.4, 0.5) is 0 Å². The lowest BCUT2D eigenvalue weighted by molar-refractivity contribution is -0.122. The summed E-state index contributed by atoms with van der Waals surface area (Å²) in [7, 11) is 0. The lowest BCUT2D eigenvalue weighted by Gasteiger charge is -2.23. The molecular weight excluding hydrogens is 260 g/mol. The molecule has 1 aliphatic heterocycles. The summed E-state index contributed by atoms with van der Waals surface area (Å²) >= 11 is 7.14. The molecular formula is C11H15ClN2O2S. The van der Waals surface area contributed by atoms with Gasteiger partial charge in [0, 0.05) is 12.0 Å². The van der Waals surface area contributed by atoms with Crippen LogP contribution in [0, 0.1) is 0 Å². The molecule has 2 heterocycles. The first kappa shape index (κ1) is 12.8. The van der Waals surface area contributed by atoms with Crippen LogP contribution in [0.25, 0.3) is 0 Å². The van der Waals surface area contributed by atoms with Crippen LogP contribution < -0.4 is 5.32 Å². The fourth-order valence-electron chi connectivity index (χ4n) is 1.78. The van der Waals surface area contributed by atoms with Crippen molar-refractivity contribution < 1.29 is 9.53 Å². The highest BCUT2D eigenvalue weighted by Crippen LogP contribution is 2.18. The maximum Gasteiger partial charge on any atom is 0.227 e. The van der Waals surface area contributed by atoms with Crippen molar-refractivity contribution in [3.05, 3.63) is 16.1 Å². The van der Waals surface area contributed by atoms with Crippen molar-refractivity contribution in [1.82, 2.24) is 10.3 Å². The molecule has 1 aliphatic rings. The summed E-state index contributed by atoms with van der Waals surface area (Å²) in [6.45, 7) is 3.30. The summed E-state index contributed by atoms with van der Waals surface area (Å²) in [6.07, 6.45) is 1.18. The van der Waals surface area contributed by atoms with Gasteiger partial charge in [0.1, 0.15) is 5.01 Å². The van der Waals surface area contributed by atoms with Crippen LogP contribution >= 0.6 is 22.9 Å². The number of carbonyl (C=O) groups excluding carboxylic acids is 1. The summed E-state index contributed by atoms with van der Waals surface area (Å²) in [6, 6.07) is 0. The van der Waals surface area contributed by atoms with Gasteiger partial charge in [0.05, 0.1) is 30.1 Å². The second-order valence-electron chi connectivity index (χ2n) is 4.45. The van der Waals surface area contributed by atoms with E-state index in [1.165, 1.54) is 11.3 Å². The minimum atomic E-state index is -0.219.